The van der Waals surface area contributed by atoms with Gasteiger partial charge in [0.15, 0.2) is 0 Å². The van der Waals surface area contributed by atoms with Crippen molar-refractivity contribution in [2.45, 2.75) is 45.3 Å². The molecular formula is C15H23BrN4O3. The number of piperidine rings is 1. The van der Waals surface area contributed by atoms with Gasteiger partial charge in [0.25, 0.3) is 5.91 Å². The third kappa shape index (κ3) is 4.70. The lowest BCUT2D eigenvalue weighted by Gasteiger charge is -2.34. The van der Waals surface area contributed by atoms with Crippen LogP contribution in [0.3, 0.4) is 0 Å². The molecule has 0 aliphatic carbocycles. The molecule has 0 spiro atoms. The first kappa shape index (κ1) is 17.8. The van der Waals surface area contributed by atoms with Crippen LogP contribution >= 0.6 is 15.9 Å². The smallest absolute Gasteiger partial charge is 0.410 e. The molecule has 128 valence electrons. The van der Waals surface area contributed by atoms with Gasteiger partial charge in [-0.1, -0.05) is 0 Å². The average molecular weight is 387 g/mol. The molecule has 0 radical (unpaired) electrons. The van der Waals surface area contributed by atoms with E-state index in [1.54, 1.807) is 18.1 Å². The third-order valence-electron chi connectivity index (χ3n) is 3.52. The summed E-state index contributed by atoms with van der Waals surface area (Å²) in [6.45, 7) is 6.63. The number of hydrogen-bond acceptors (Lipinski definition) is 4. The predicted molar refractivity (Wildman–Crippen MR) is 89.2 cm³/mol. The maximum atomic E-state index is 12.4. The molecule has 1 atom stereocenters. The molecule has 0 saturated carbocycles. The first-order chi connectivity index (χ1) is 10.7. The number of aromatic nitrogens is 2. The summed E-state index contributed by atoms with van der Waals surface area (Å²) in [7, 11) is 1.72. The van der Waals surface area contributed by atoms with E-state index in [-0.39, 0.29) is 18.0 Å². The number of rotatable bonds is 2. The summed E-state index contributed by atoms with van der Waals surface area (Å²) < 4.78 is 7.57. The predicted octanol–water partition coefficient (Wildman–Crippen LogP) is 2.31. The van der Waals surface area contributed by atoms with Crippen LogP contribution in [0.25, 0.3) is 0 Å². The SMILES string of the molecule is Cn1ncc(Br)c1C(=O)NC1CCCN(C(=O)OC(C)(C)C)C1. The summed E-state index contributed by atoms with van der Waals surface area (Å²) in [5, 5.41) is 7.01. The molecule has 0 bridgehead atoms. The summed E-state index contributed by atoms with van der Waals surface area (Å²) in [6, 6.07) is -0.0921. The summed E-state index contributed by atoms with van der Waals surface area (Å²) in [5.41, 5.74) is -0.0493. The van der Waals surface area contributed by atoms with Crippen LogP contribution in [-0.2, 0) is 11.8 Å². The molecule has 7 nitrogen and oxygen atoms in total. The molecule has 1 aliphatic rings. The van der Waals surface area contributed by atoms with Crippen LogP contribution in [0.4, 0.5) is 4.79 Å². The van der Waals surface area contributed by atoms with Crippen molar-refractivity contribution >= 4 is 27.9 Å². The van der Waals surface area contributed by atoms with Gasteiger partial charge in [-0.15, -0.1) is 0 Å². The highest BCUT2D eigenvalue weighted by molar-refractivity contribution is 9.10. The average Bonchev–Trinajstić information content (AvgIpc) is 2.76. The number of ether oxygens (including phenoxy) is 1. The number of carbonyl (C=O) groups is 2. The zero-order chi connectivity index (χ0) is 17.2. The van der Waals surface area contributed by atoms with Crippen LogP contribution in [0.5, 0.6) is 0 Å². The van der Waals surface area contributed by atoms with Gasteiger partial charge in [0.2, 0.25) is 0 Å². The lowest BCUT2D eigenvalue weighted by Crippen LogP contribution is -2.50. The van der Waals surface area contributed by atoms with Gasteiger partial charge in [0.05, 0.1) is 10.7 Å². The van der Waals surface area contributed by atoms with Gasteiger partial charge in [-0.25, -0.2) is 4.79 Å². The monoisotopic (exact) mass is 386 g/mol. The minimum atomic E-state index is -0.521. The van der Waals surface area contributed by atoms with Crippen molar-refractivity contribution in [1.29, 1.82) is 0 Å². The Balaban J connectivity index is 1.96. The van der Waals surface area contributed by atoms with Crippen LogP contribution in [0, 0.1) is 0 Å². The number of amides is 2. The molecule has 0 aromatic carbocycles. The first-order valence-electron chi connectivity index (χ1n) is 7.63. The van der Waals surface area contributed by atoms with E-state index in [9.17, 15) is 9.59 Å². The maximum absolute atomic E-state index is 12.4. The molecule has 1 unspecified atom stereocenters. The number of carbonyl (C=O) groups excluding carboxylic acids is 2. The number of aryl methyl sites for hydroxylation is 1. The second kappa shape index (κ2) is 6.90. The summed E-state index contributed by atoms with van der Waals surface area (Å²) in [6.07, 6.45) is 2.92. The van der Waals surface area contributed by atoms with Crippen LogP contribution in [0.2, 0.25) is 0 Å². The Morgan fingerprint density at radius 3 is 2.70 bits per heavy atom. The van der Waals surface area contributed by atoms with Gasteiger partial charge in [-0.05, 0) is 49.5 Å². The number of nitrogens with one attached hydrogen (secondary N) is 1. The molecule has 1 aromatic heterocycles. The van der Waals surface area contributed by atoms with Gasteiger partial charge >= 0.3 is 6.09 Å². The number of halogens is 1. The van der Waals surface area contributed by atoms with E-state index in [0.717, 1.165) is 12.8 Å². The second-order valence-corrected chi connectivity index (χ2v) is 7.56. The molecule has 1 saturated heterocycles. The third-order valence-corrected chi connectivity index (χ3v) is 4.10. The van der Waals surface area contributed by atoms with E-state index >= 15 is 0 Å². The number of likely N-dealkylation sites (tertiary alicyclic amines) is 1. The fraction of sp³-hybridized carbons (Fsp3) is 0.667. The Kier molecular flexibility index (Phi) is 5.33. The molecule has 2 amide bonds. The lowest BCUT2D eigenvalue weighted by atomic mass is 10.1. The van der Waals surface area contributed by atoms with E-state index in [1.165, 1.54) is 4.68 Å². The quantitative estimate of drug-likeness (QED) is 0.845. The number of nitrogens with zero attached hydrogens (tertiary/aromatic N) is 3. The van der Waals surface area contributed by atoms with Crippen molar-refractivity contribution < 1.29 is 14.3 Å². The van der Waals surface area contributed by atoms with Crippen molar-refractivity contribution in [1.82, 2.24) is 20.0 Å². The minimum absolute atomic E-state index is 0.0921. The molecule has 1 fully saturated rings. The topological polar surface area (TPSA) is 76.5 Å². The Labute approximate surface area is 144 Å². The van der Waals surface area contributed by atoms with E-state index < -0.39 is 5.60 Å². The van der Waals surface area contributed by atoms with Gasteiger partial charge in [-0.3, -0.25) is 9.48 Å². The van der Waals surface area contributed by atoms with Crippen molar-refractivity contribution in [2.75, 3.05) is 13.1 Å². The molecular weight excluding hydrogens is 364 g/mol. The fourth-order valence-corrected chi connectivity index (χ4v) is 3.04. The van der Waals surface area contributed by atoms with E-state index in [0.29, 0.717) is 23.3 Å². The van der Waals surface area contributed by atoms with Gasteiger partial charge in [0, 0.05) is 26.2 Å². The zero-order valence-electron chi connectivity index (χ0n) is 13.9. The van der Waals surface area contributed by atoms with E-state index in [2.05, 4.69) is 26.3 Å². The zero-order valence-corrected chi connectivity index (χ0v) is 15.5. The highest BCUT2D eigenvalue weighted by Crippen LogP contribution is 2.18. The van der Waals surface area contributed by atoms with Crippen molar-refractivity contribution in [3.05, 3.63) is 16.4 Å². The van der Waals surface area contributed by atoms with Gasteiger partial charge in [-0.2, -0.15) is 5.10 Å². The Morgan fingerprint density at radius 1 is 1.43 bits per heavy atom. The van der Waals surface area contributed by atoms with Crippen molar-refractivity contribution in [2.24, 2.45) is 7.05 Å². The van der Waals surface area contributed by atoms with Crippen LogP contribution in [0.15, 0.2) is 10.7 Å². The summed E-state index contributed by atoms with van der Waals surface area (Å²) in [4.78, 5) is 26.2. The van der Waals surface area contributed by atoms with E-state index in [4.69, 9.17) is 4.74 Å². The second-order valence-electron chi connectivity index (χ2n) is 6.70. The molecule has 1 aromatic rings. The highest BCUT2D eigenvalue weighted by atomic mass is 79.9. The molecule has 2 rings (SSSR count). The maximum Gasteiger partial charge on any atom is 0.410 e. The van der Waals surface area contributed by atoms with Crippen molar-refractivity contribution in [3.8, 4) is 0 Å². The Bertz CT molecular complexity index is 575. The summed E-state index contributed by atoms with van der Waals surface area (Å²) >= 11 is 3.32. The molecule has 2 heterocycles. The lowest BCUT2D eigenvalue weighted by molar-refractivity contribution is 0.0185. The van der Waals surface area contributed by atoms with E-state index in [1.807, 2.05) is 20.8 Å². The molecule has 1 aliphatic heterocycles. The number of hydrogen-bond donors (Lipinski definition) is 1. The first-order valence-corrected chi connectivity index (χ1v) is 8.43. The normalized spacial score (nSPS) is 18.7. The van der Waals surface area contributed by atoms with Gasteiger partial charge < -0.3 is 15.0 Å². The largest absolute Gasteiger partial charge is 0.444 e. The molecule has 1 N–H and O–H groups in total. The Hall–Kier alpha value is -1.57. The Morgan fingerprint density at radius 2 is 2.13 bits per heavy atom. The molecule has 8 heteroatoms. The summed E-state index contributed by atoms with van der Waals surface area (Å²) in [5.74, 6) is -0.201. The molecule has 23 heavy (non-hydrogen) atoms. The van der Waals surface area contributed by atoms with Gasteiger partial charge in [0.1, 0.15) is 11.3 Å². The highest BCUT2D eigenvalue weighted by Gasteiger charge is 2.29. The van der Waals surface area contributed by atoms with Crippen LogP contribution in [-0.4, -0.2) is 51.4 Å². The van der Waals surface area contributed by atoms with Crippen LogP contribution < -0.4 is 5.32 Å². The standard InChI is InChI=1S/C15H23BrN4O3/c1-15(2,3)23-14(22)20-7-5-6-10(9-20)18-13(21)12-11(16)8-17-19(12)4/h8,10H,5-7,9H2,1-4H3,(H,18,21). The fourth-order valence-electron chi connectivity index (χ4n) is 2.51. The van der Waals surface area contributed by atoms with Crippen LogP contribution in [0.1, 0.15) is 44.1 Å². The van der Waals surface area contributed by atoms with Crippen molar-refractivity contribution in [3.63, 3.8) is 0 Å². The minimum Gasteiger partial charge on any atom is -0.444 e.